The van der Waals surface area contributed by atoms with Crippen LogP contribution in [0.5, 0.6) is 0 Å². The number of nitrogens with two attached hydrogens (primary N) is 1. The molecule has 0 radical (unpaired) electrons. The molecule has 1 fully saturated rings. The molecule has 2 N–H and O–H groups in total. The smallest absolute Gasteiger partial charge is 0.0850 e. The van der Waals surface area contributed by atoms with E-state index in [1.54, 1.807) is 0 Å². The fraction of sp³-hybridized carbons (Fsp3) is 0.812. The van der Waals surface area contributed by atoms with Gasteiger partial charge in [-0.05, 0) is 56.9 Å². The largest absolute Gasteiger partial charge is 0.330 e. The lowest BCUT2D eigenvalue weighted by molar-refractivity contribution is 0.283. The molecule has 2 rings (SSSR count). The van der Waals surface area contributed by atoms with Crippen molar-refractivity contribution < 1.29 is 0 Å². The van der Waals surface area contributed by atoms with Gasteiger partial charge in [-0.3, -0.25) is 4.68 Å². The van der Waals surface area contributed by atoms with Crippen LogP contribution in [0, 0.1) is 11.3 Å². The van der Waals surface area contributed by atoms with Gasteiger partial charge < -0.3 is 5.73 Å². The summed E-state index contributed by atoms with van der Waals surface area (Å²) in [4.78, 5) is 0. The first-order chi connectivity index (χ1) is 9.59. The molecular formula is C16H28ClN3. The van der Waals surface area contributed by atoms with Crippen LogP contribution in [0.4, 0.5) is 0 Å². The van der Waals surface area contributed by atoms with E-state index in [2.05, 4.69) is 30.6 Å². The summed E-state index contributed by atoms with van der Waals surface area (Å²) in [7, 11) is 0. The van der Waals surface area contributed by atoms with Crippen LogP contribution in [-0.2, 0) is 19.4 Å². The summed E-state index contributed by atoms with van der Waals surface area (Å²) < 4.78 is 2.08. The highest BCUT2D eigenvalue weighted by Gasteiger charge is 2.38. The lowest BCUT2D eigenvalue weighted by atomic mass is 9.80. The maximum atomic E-state index is 6.55. The van der Waals surface area contributed by atoms with Gasteiger partial charge in [-0.15, -0.1) is 0 Å². The van der Waals surface area contributed by atoms with E-state index in [-0.39, 0.29) is 5.41 Å². The summed E-state index contributed by atoms with van der Waals surface area (Å²) in [6, 6.07) is 0. The zero-order valence-corrected chi connectivity index (χ0v) is 13.8. The van der Waals surface area contributed by atoms with Crippen molar-refractivity contribution in [2.24, 2.45) is 17.1 Å². The van der Waals surface area contributed by atoms with E-state index in [4.69, 9.17) is 17.3 Å². The number of aryl methyl sites for hydroxylation is 2. The molecule has 0 aliphatic heterocycles. The van der Waals surface area contributed by atoms with E-state index in [0.29, 0.717) is 0 Å². The molecule has 2 atom stereocenters. The summed E-state index contributed by atoms with van der Waals surface area (Å²) in [5, 5.41) is 5.51. The van der Waals surface area contributed by atoms with Gasteiger partial charge in [0.2, 0.25) is 0 Å². The lowest BCUT2D eigenvalue weighted by Crippen LogP contribution is -2.31. The highest BCUT2D eigenvalue weighted by Crippen LogP contribution is 2.45. The number of nitrogens with zero attached hydrogens (tertiary/aromatic N) is 2. The minimum Gasteiger partial charge on any atom is -0.330 e. The maximum absolute atomic E-state index is 6.55. The topological polar surface area (TPSA) is 43.8 Å². The summed E-state index contributed by atoms with van der Waals surface area (Å²) >= 11 is 6.55. The monoisotopic (exact) mass is 297 g/mol. The Morgan fingerprint density at radius 2 is 2.15 bits per heavy atom. The predicted octanol–water partition coefficient (Wildman–Crippen LogP) is 3.82. The van der Waals surface area contributed by atoms with E-state index < -0.39 is 0 Å². The Morgan fingerprint density at radius 3 is 2.65 bits per heavy atom. The van der Waals surface area contributed by atoms with Crippen LogP contribution in [-0.4, -0.2) is 16.3 Å². The summed E-state index contributed by atoms with van der Waals surface area (Å²) in [5.41, 5.74) is 8.61. The van der Waals surface area contributed by atoms with E-state index >= 15 is 0 Å². The minimum atomic E-state index is 0.238. The van der Waals surface area contributed by atoms with Crippen LogP contribution >= 0.6 is 11.6 Å². The standard InChI is InChI=1S/C16H28ClN3/c1-4-12-7-8-16(9-12,11-18)10-14-15(17)13(5-2)19-20(14)6-3/h12H,4-11,18H2,1-3H3. The normalized spacial score (nSPS) is 26.4. The van der Waals surface area contributed by atoms with Gasteiger partial charge in [0.05, 0.1) is 16.4 Å². The van der Waals surface area contributed by atoms with Gasteiger partial charge in [0.1, 0.15) is 0 Å². The second-order valence-electron chi connectivity index (χ2n) is 6.27. The molecular weight excluding hydrogens is 270 g/mol. The van der Waals surface area contributed by atoms with Crippen molar-refractivity contribution in [1.82, 2.24) is 9.78 Å². The third-order valence-corrected chi connectivity index (χ3v) is 5.49. The Balaban J connectivity index is 2.26. The quantitative estimate of drug-likeness (QED) is 0.867. The molecule has 1 aromatic rings. The Labute approximate surface area is 127 Å². The molecule has 0 aromatic carbocycles. The lowest BCUT2D eigenvalue weighted by Gasteiger charge is -2.28. The highest BCUT2D eigenvalue weighted by atomic mass is 35.5. The van der Waals surface area contributed by atoms with Gasteiger partial charge in [-0.25, -0.2) is 0 Å². The molecule has 3 nitrogen and oxygen atoms in total. The van der Waals surface area contributed by atoms with Crippen molar-refractivity contribution in [3.8, 4) is 0 Å². The third-order valence-electron chi connectivity index (χ3n) is 5.05. The van der Waals surface area contributed by atoms with E-state index in [1.165, 1.54) is 31.4 Å². The fourth-order valence-electron chi connectivity index (χ4n) is 3.63. The molecule has 4 heteroatoms. The molecule has 0 bridgehead atoms. The van der Waals surface area contributed by atoms with Crippen molar-refractivity contribution >= 4 is 11.6 Å². The number of halogens is 1. The average Bonchev–Trinajstić information content (AvgIpc) is 3.02. The summed E-state index contributed by atoms with van der Waals surface area (Å²) in [6.45, 7) is 8.17. The Kier molecular flexibility index (Phi) is 5.14. The number of hydrogen-bond donors (Lipinski definition) is 1. The fourth-order valence-corrected chi connectivity index (χ4v) is 3.97. The second kappa shape index (κ2) is 6.48. The van der Waals surface area contributed by atoms with E-state index in [0.717, 1.165) is 42.6 Å². The van der Waals surface area contributed by atoms with Crippen LogP contribution in [0.25, 0.3) is 0 Å². The number of hydrogen-bond acceptors (Lipinski definition) is 2. The zero-order valence-electron chi connectivity index (χ0n) is 13.1. The molecule has 20 heavy (non-hydrogen) atoms. The van der Waals surface area contributed by atoms with E-state index in [1.807, 2.05) is 0 Å². The average molecular weight is 298 g/mol. The van der Waals surface area contributed by atoms with Gasteiger partial charge in [0.15, 0.2) is 0 Å². The van der Waals surface area contributed by atoms with Crippen molar-refractivity contribution in [3.05, 3.63) is 16.4 Å². The second-order valence-corrected chi connectivity index (χ2v) is 6.65. The summed E-state index contributed by atoms with van der Waals surface area (Å²) in [6.07, 6.45) is 6.93. The molecule has 1 saturated carbocycles. The predicted molar refractivity (Wildman–Crippen MR) is 85.1 cm³/mol. The van der Waals surface area contributed by atoms with Crippen molar-refractivity contribution in [3.63, 3.8) is 0 Å². The first-order valence-electron chi connectivity index (χ1n) is 8.03. The van der Waals surface area contributed by atoms with Gasteiger partial charge >= 0.3 is 0 Å². The highest BCUT2D eigenvalue weighted by molar-refractivity contribution is 6.31. The first-order valence-corrected chi connectivity index (χ1v) is 8.41. The molecule has 0 amide bonds. The molecule has 0 spiro atoms. The zero-order chi connectivity index (χ0) is 14.8. The molecule has 1 heterocycles. The van der Waals surface area contributed by atoms with Crippen LogP contribution in [0.1, 0.15) is 57.8 Å². The Morgan fingerprint density at radius 1 is 1.40 bits per heavy atom. The van der Waals surface area contributed by atoms with Crippen molar-refractivity contribution in [2.75, 3.05) is 6.54 Å². The van der Waals surface area contributed by atoms with Gasteiger partial charge in [-0.1, -0.05) is 31.9 Å². The van der Waals surface area contributed by atoms with Crippen LogP contribution < -0.4 is 5.73 Å². The molecule has 0 saturated heterocycles. The van der Waals surface area contributed by atoms with E-state index in [9.17, 15) is 0 Å². The first kappa shape index (κ1) is 15.8. The van der Waals surface area contributed by atoms with Gasteiger partial charge in [-0.2, -0.15) is 5.10 Å². The van der Waals surface area contributed by atoms with Crippen LogP contribution in [0.2, 0.25) is 5.02 Å². The maximum Gasteiger partial charge on any atom is 0.0850 e. The van der Waals surface area contributed by atoms with Gasteiger partial charge in [0, 0.05) is 6.54 Å². The SMILES string of the molecule is CCc1nn(CC)c(CC2(CN)CCC(CC)C2)c1Cl. The minimum absolute atomic E-state index is 0.238. The number of rotatable bonds is 6. The van der Waals surface area contributed by atoms with Gasteiger partial charge in [0.25, 0.3) is 0 Å². The molecule has 114 valence electrons. The van der Waals surface area contributed by atoms with Crippen LogP contribution in [0.15, 0.2) is 0 Å². The molecule has 2 unspecified atom stereocenters. The molecule has 1 aromatic heterocycles. The van der Waals surface area contributed by atoms with Crippen LogP contribution in [0.3, 0.4) is 0 Å². The Bertz CT molecular complexity index is 455. The number of aromatic nitrogens is 2. The molecule has 1 aliphatic carbocycles. The summed E-state index contributed by atoms with van der Waals surface area (Å²) in [5.74, 6) is 0.834. The third kappa shape index (κ3) is 2.89. The Hall–Kier alpha value is -0.540. The van der Waals surface area contributed by atoms with Crippen molar-refractivity contribution in [1.29, 1.82) is 0 Å². The van der Waals surface area contributed by atoms with Crippen molar-refractivity contribution in [2.45, 2.75) is 65.8 Å². The molecule has 1 aliphatic rings.